The lowest BCUT2D eigenvalue weighted by Crippen LogP contribution is -2.14. The van der Waals surface area contributed by atoms with Crippen LogP contribution in [0.15, 0.2) is 46.9 Å². The van der Waals surface area contributed by atoms with Gasteiger partial charge in [0.25, 0.3) is 0 Å². The fourth-order valence-corrected chi connectivity index (χ4v) is 2.57. The second kappa shape index (κ2) is 5.63. The zero-order chi connectivity index (χ0) is 13.1. The van der Waals surface area contributed by atoms with Crippen molar-refractivity contribution in [1.29, 1.82) is 0 Å². The Balaban J connectivity index is 2.44. The summed E-state index contributed by atoms with van der Waals surface area (Å²) in [4.78, 5) is 0. The molecule has 0 radical (unpaired) electrons. The molecule has 0 aliphatic rings. The first-order chi connectivity index (χ1) is 8.63. The molecular weight excluding hydrogens is 293 g/mol. The van der Waals surface area contributed by atoms with E-state index in [1.54, 1.807) is 6.07 Å². The zero-order valence-corrected chi connectivity index (χ0v) is 11.7. The van der Waals surface area contributed by atoms with Crippen LogP contribution in [0.5, 0.6) is 0 Å². The van der Waals surface area contributed by atoms with Crippen molar-refractivity contribution in [2.24, 2.45) is 5.73 Å². The van der Waals surface area contributed by atoms with Gasteiger partial charge in [-0.2, -0.15) is 0 Å². The van der Waals surface area contributed by atoms with Crippen LogP contribution in [0.25, 0.3) is 0 Å². The van der Waals surface area contributed by atoms with E-state index in [4.69, 9.17) is 5.73 Å². The molecule has 18 heavy (non-hydrogen) atoms. The fraction of sp³-hybridized carbons (Fsp3) is 0.200. The summed E-state index contributed by atoms with van der Waals surface area (Å²) >= 11 is 3.36. The molecule has 0 aromatic heterocycles. The average molecular weight is 308 g/mol. The monoisotopic (exact) mass is 307 g/mol. The van der Waals surface area contributed by atoms with Crippen LogP contribution in [-0.2, 0) is 6.42 Å². The molecule has 94 valence electrons. The highest BCUT2D eigenvalue weighted by Crippen LogP contribution is 2.29. The van der Waals surface area contributed by atoms with E-state index in [2.05, 4.69) is 22.9 Å². The van der Waals surface area contributed by atoms with Gasteiger partial charge >= 0.3 is 0 Å². The van der Waals surface area contributed by atoms with Crippen molar-refractivity contribution in [2.45, 2.75) is 19.4 Å². The quantitative estimate of drug-likeness (QED) is 0.903. The number of halogens is 2. The van der Waals surface area contributed by atoms with E-state index in [1.165, 1.54) is 11.6 Å². The molecule has 0 aliphatic heterocycles. The van der Waals surface area contributed by atoms with Gasteiger partial charge in [-0.25, -0.2) is 4.39 Å². The van der Waals surface area contributed by atoms with Gasteiger partial charge in [-0.15, -0.1) is 0 Å². The third-order valence-electron chi connectivity index (χ3n) is 3.03. The predicted molar refractivity (Wildman–Crippen MR) is 76.0 cm³/mol. The maximum Gasteiger partial charge on any atom is 0.129 e. The normalized spacial score (nSPS) is 12.4. The third-order valence-corrected chi connectivity index (χ3v) is 3.72. The highest BCUT2D eigenvalue weighted by Gasteiger charge is 2.16. The molecule has 1 nitrogen and oxygen atoms in total. The van der Waals surface area contributed by atoms with Crippen molar-refractivity contribution >= 4 is 15.9 Å². The van der Waals surface area contributed by atoms with Crippen LogP contribution < -0.4 is 5.73 Å². The lowest BCUT2D eigenvalue weighted by Gasteiger charge is -2.16. The summed E-state index contributed by atoms with van der Waals surface area (Å²) in [5.41, 5.74) is 8.81. The van der Waals surface area contributed by atoms with Crippen LogP contribution in [-0.4, -0.2) is 0 Å². The molecule has 2 rings (SSSR count). The van der Waals surface area contributed by atoms with Crippen molar-refractivity contribution in [2.75, 3.05) is 0 Å². The van der Waals surface area contributed by atoms with Gasteiger partial charge in [-0.1, -0.05) is 53.2 Å². The third kappa shape index (κ3) is 2.62. The molecule has 0 heterocycles. The Bertz CT molecular complexity index is 534. The molecule has 0 amide bonds. The van der Waals surface area contributed by atoms with Crippen LogP contribution in [0.1, 0.15) is 29.7 Å². The van der Waals surface area contributed by atoms with Crippen molar-refractivity contribution in [3.05, 3.63) is 69.4 Å². The van der Waals surface area contributed by atoms with Crippen LogP contribution in [0.3, 0.4) is 0 Å². The van der Waals surface area contributed by atoms with Crippen molar-refractivity contribution in [3.8, 4) is 0 Å². The van der Waals surface area contributed by atoms with E-state index < -0.39 is 6.04 Å². The number of rotatable bonds is 3. The Morgan fingerprint density at radius 3 is 2.61 bits per heavy atom. The SMILES string of the molecule is CCc1cccc(C(N)c2c(F)cccc2Br)c1. The smallest absolute Gasteiger partial charge is 0.129 e. The van der Waals surface area contributed by atoms with Gasteiger partial charge in [0.15, 0.2) is 0 Å². The van der Waals surface area contributed by atoms with E-state index in [-0.39, 0.29) is 5.82 Å². The van der Waals surface area contributed by atoms with E-state index in [9.17, 15) is 4.39 Å². The molecule has 1 atom stereocenters. The molecule has 2 aromatic rings. The van der Waals surface area contributed by atoms with Crippen LogP contribution in [0.2, 0.25) is 0 Å². The van der Waals surface area contributed by atoms with Gasteiger partial charge in [-0.05, 0) is 29.7 Å². The standard InChI is InChI=1S/C15H15BrFN/c1-2-10-5-3-6-11(9-10)15(18)14-12(16)7-4-8-13(14)17/h3-9,15H,2,18H2,1H3. The Morgan fingerprint density at radius 1 is 1.22 bits per heavy atom. The number of benzene rings is 2. The van der Waals surface area contributed by atoms with Gasteiger partial charge in [0, 0.05) is 10.0 Å². The minimum atomic E-state index is -0.452. The predicted octanol–water partition coefficient (Wildman–Crippen LogP) is 4.20. The summed E-state index contributed by atoms with van der Waals surface area (Å²) in [6.45, 7) is 2.09. The number of nitrogens with two attached hydrogens (primary N) is 1. The molecule has 0 fully saturated rings. The molecule has 2 N–H and O–H groups in total. The first-order valence-corrected chi connectivity index (χ1v) is 6.71. The van der Waals surface area contributed by atoms with E-state index in [0.29, 0.717) is 10.0 Å². The zero-order valence-electron chi connectivity index (χ0n) is 10.2. The molecule has 3 heteroatoms. The van der Waals surface area contributed by atoms with Crippen molar-refractivity contribution < 1.29 is 4.39 Å². The van der Waals surface area contributed by atoms with E-state index >= 15 is 0 Å². The summed E-state index contributed by atoms with van der Waals surface area (Å²) in [6, 6.07) is 12.4. The van der Waals surface area contributed by atoms with Gasteiger partial charge in [-0.3, -0.25) is 0 Å². The topological polar surface area (TPSA) is 26.0 Å². The Kier molecular flexibility index (Phi) is 4.15. The van der Waals surface area contributed by atoms with Gasteiger partial charge in [0.05, 0.1) is 6.04 Å². The molecule has 1 unspecified atom stereocenters. The Labute approximate surface area is 115 Å². The minimum Gasteiger partial charge on any atom is -0.320 e. The lowest BCUT2D eigenvalue weighted by molar-refractivity contribution is 0.598. The maximum absolute atomic E-state index is 13.9. The first kappa shape index (κ1) is 13.2. The van der Waals surface area contributed by atoms with Crippen LogP contribution in [0.4, 0.5) is 4.39 Å². The van der Waals surface area contributed by atoms with Crippen LogP contribution >= 0.6 is 15.9 Å². The molecule has 0 spiro atoms. The highest BCUT2D eigenvalue weighted by atomic mass is 79.9. The molecular formula is C15H15BrFN. The lowest BCUT2D eigenvalue weighted by atomic mass is 9.97. The minimum absolute atomic E-state index is 0.279. The van der Waals surface area contributed by atoms with Crippen molar-refractivity contribution in [1.82, 2.24) is 0 Å². The molecule has 0 aliphatic carbocycles. The van der Waals surface area contributed by atoms with E-state index in [1.807, 2.05) is 30.3 Å². The molecule has 0 bridgehead atoms. The number of hydrogen-bond donors (Lipinski definition) is 1. The molecule has 0 saturated heterocycles. The first-order valence-electron chi connectivity index (χ1n) is 5.91. The number of aryl methyl sites for hydroxylation is 1. The highest BCUT2D eigenvalue weighted by molar-refractivity contribution is 9.10. The Morgan fingerprint density at radius 2 is 1.94 bits per heavy atom. The van der Waals surface area contributed by atoms with Crippen molar-refractivity contribution in [3.63, 3.8) is 0 Å². The molecule has 0 saturated carbocycles. The van der Waals surface area contributed by atoms with E-state index in [0.717, 1.165) is 12.0 Å². The second-order valence-electron chi connectivity index (χ2n) is 4.21. The summed E-state index contributed by atoms with van der Waals surface area (Å²) in [5.74, 6) is -0.279. The fourth-order valence-electron chi connectivity index (χ4n) is 1.98. The molecule has 2 aromatic carbocycles. The Hall–Kier alpha value is -1.19. The summed E-state index contributed by atoms with van der Waals surface area (Å²) < 4.78 is 14.6. The summed E-state index contributed by atoms with van der Waals surface area (Å²) in [5, 5.41) is 0. The van der Waals surface area contributed by atoms with Gasteiger partial charge in [0.1, 0.15) is 5.82 Å². The maximum atomic E-state index is 13.9. The van der Waals surface area contributed by atoms with Gasteiger partial charge in [0.2, 0.25) is 0 Å². The second-order valence-corrected chi connectivity index (χ2v) is 5.07. The summed E-state index contributed by atoms with van der Waals surface area (Å²) in [7, 11) is 0. The number of hydrogen-bond acceptors (Lipinski definition) is 1. The summed E-state index contributed by atoms with van der Waals surface area (Å²) in [6.07, 6.45) is 0.943. The largest absolute Gasteiger partial charge is 0.320 e. The van der Waals surface area contributed by atoms with Crippen LogP contribution in [0, 0.1) is 5.82 Å². The average Bonchev–Trinajstić information content (AvgIpc) is 2.38. The van der Waals surface area contributed by atoms with Gasteiger partial charge < -0.3 is 5.73 Å².